The summed E-state index contributed by atoms with van der Waals surface area (Å²) < 4.78 is 0. The van der Waals surface area contributed by atoms with Crippen molar-refractivity contribution in [1.82, 2.24) is 20.2 Å². The van der Waals surface area contributed by atoms with Crippen LogP contribution >= 0.6 is 0 Å². The largest absolute Gasteiger partial charge is 0.285 e. The van der Waals surface area contributed by atoms with Crippen molar-refractivity contribution >= 4 is 29.3 Å². The number of carbonyl (C=O) groups is 2. The Morgan fingerprint density at radius 3 is 2.61 bits per heavy atom. The zero-order valence-electron chi connectivity index (χ0n) is 16.4. The molecule has 1 fully saturated rings. The van der Waals surface area contributed by atoms with Crippen molar-refractivity contribution in [2.75, 3.05) is 5.01 Å². The van der Waals surface area contributed by atoms with E-state index in [0.717, 1.165) is 23.4 Å². The Kier molecular flexibility index (Phi) is 5.57. The first-order valence-electron chi connectivity index (χ1n) is 9.34. The van der Waals surface area contributed by atoms with Crippen LogP contribution in [0.4, 0.5) is 5.95 Å². The van der Waals surface area contributed by atoms with Gasteiger partial charge in [0.1, 0.15) is 11.6 Å². The van der Waals surface area contributed by atoms with E-state index in [1.807, 2.05) is 19.1 Å². The summed E-state index contributed by atoms with van der Waals surface area (Å²) in [5.41, 5.74) is 2.33. The van der Waals surface area contributed by atoms with E-state index in [4.69, 9.17) is 5.84 Å². The van der Waals surface area contributed by atoms with Crippen LogP contribution in [0.2, 0.25) is 0 Å². The van der Waals surface area contributed by atoms with Gasteiger partial charge in [0.15, 0.2) is 0 Å². The number of hydrogen-bond donors (Lipinski definition) is 2. The number of aromatic nitrogens is 3. The van der Waals surface area contributed by atoms with Gasteiger partial charge in [0.05, 0.1) is 5.52 Å². The lowest BCUT2D eigenvalue weighted by Gasteiger charge is -2.39. The third kappa shape index (κ3) is 4.10. The highest BCUT2D eigenvalue weighted by Crippen LogP contribution is 2.40. The van der Waals surface area contributed by atoms with Crippen LogP contribution in [-0.2, 0) is 9.59 Å². The number of hydroxylamine groups is 2. The molecule has 1 aromatic heterocycles. The number of benzene rings is 1. The fraction of sp³-hybridized carbons (Fsp3) is 0.526. The summed E-state index contributed by atoms with van der Waals surface area (Å²) in [5.74, 6) is 5.05. The second-order valence-electron chi connectivity index (χ2n) is 8.24. The number of amides is 2. The number of hydrazine groups is 1. The van der Waals surface area contributed by atoms with Gasteiger partial charge < -0.3 is 0 Å². The molecule has 3 rings (SSSR count). The number of hydrogen-bond acceptors (Lipinski definition) is 7. The van der Waals surface area contributed by atoms with Crippen LogP contribution in [0, 0.1) is 18.3 Å². The molecule has 1 heterocycles. The van der Waals surface area contributed by atoms with Crippen LogP contribution < -0.4 is 10.9 Å². The summed E-state index contributed by atoms with van der Waals surface area (Å²) in [6.07, 6.45) is 3.44. The maximum Gasteiger partial charge on any atom is 0.269 e. The van der Waals surface area contributed by atoms with Crippen molar-refractivity contribution in [2.24, 2.45) is 17.2 Å². The summed E-state index contributed by atoms with van der Waals surface area (Å²) in [6, 6.07) is 4.38. The summed E-state index contributed by atoms with van der Waals surface area (Å²) >= 11 is 0. The molecule has 1 saturated carbocycles. The van der Waals surface area contributed by atoms with Crippen molar-refractivity contribution in [3.05, 3.63) is 23.8 Å². The van der Waals surface area contributed by atoms with Gasteiger partial charge in [-0.1, -0.05) is 19.9 Å². The lowest BCUT2D eigenvalue weighted by Crippen LogP contribution is -2.54. The van der Waals surface area contributed by atoms with E-state index < -0.39 is 11.9 Å². The first-order chi connectivity index (χ1) is 13.2. The van der Waals surface area contributed by atoms with Gasteiger partial charge in [-0.2, -0.15) is 0 Å². The van der Waals surface area contributed by atoms with Gasteiger partial charge in [0.2, 0.25) is 6.41 Å². The Bertz CT molecular complexity index is 877. The van der Waals surface area contributed by atoms with Crippen molar-refractivity contribution in [1.29, 1.82) is 0 Å². The standard InChI is InChI=1S/C19H26N6O3/c1-12-4-5-14-15(10-12)22-23-18(21-14)25(20)17(27)16(24(28)11-26)13-6-8-19(2,3)9-7-13/h4-5,10-11,13,16,28H,6-9,20H2,1-3H3. The summed E-state index contributed by atoms with van der Waals surface area (Å²) in [6.45, 7) is 6.27. The van der Waals surface area contributed by atoms with E-state index in [-0.39, 0.29) is 23.7 Å². The predicted octanol–water partition coefficient (Wildman–Crippen LogP) is 1.97. The molecule has 0 saturated heterocycles. The lowest BCUT2D eigenvalue weighted by molar-refractivity contribution is -0.173. The van der Waals surface area contributed by atoms with Gasteiger partial charge >= 0.3 is 0 Å². The van der Waals surface area contributed by atoms with Crippen molar-refractivity contribution in [3.63, 3.8) is 0 Å². The smallest absolute Gasteiger partial charge is 0.269 e. The number of fused-ring (bicyclic) bond motifs is 1. The summed E-state index contributed by atoms with van der Waals surface area (Å²) in [4.78, 5) is 28.5. The minimum atomic E-state index is -1.09. The van der Waals surface area contributed by atoms with E-state index in [9.17, 15) is 14.8 Å². The molecule has 2 aromatic rings. The zero-order valence-corrected chi connectivity index (χ0v) is 16.4. The fourth-order valence-corrected chi connectivity index (χ4v) is 3.71. The Morgan fingerprint density at radius 2 is 1.96 bits per heavy atom. The molecule has 2 amide bonds. The van der Waals surface area contributed by atoms with Crippen LogP contribution in [-0.4, -0.2) is 43.8 Å². The van der Waals surface area contributed by atoms with Crippen LogP contribution in [0.15, 0.2) is 18.2 Å². The Morgan fingerprint density at radius 1 is 1.29 bits per heavy atom. The van der Waals surface area contributed by atoms with Crippen LogP contribution in [0.5, 0.6) is 0 Å². The number of nitrogens with zero attached hydrogens (tertiary/aromatic N) is 5. The Hall–Kier alpha value is -2.65. The van der Waals surface area contributed by atoms with Crippen LogP contribution in [0.3, 0.4) is 0 Å². The molecular formula is C19H26N6O3. The Balaban J connectivity index is 1.85. The average molecular weight is 386 g/mol. The highest BCUT2D eigenvalue weighted by molar-refractivity contribution is 5.96. The van der Waals surface area contributed by atoms with E-state index in [1.165, 1.54) is 0 Å². The lowest BCUT2D eigenvalue weighted by atomic mass is 9.71. The average Bonchev–Trinajstić information content (AvgIpc) is 2.68. The second-order valence-corrected chi connectivity index (χ2v) is 8.24. The maximum absolute atomic E-state index is 13.0. The minimum absolute atomic E-state index is 0.0817. The van der Waals surface area contributed by atoms with Gasteiger partial charge in [-0.25, -0.2) is 20.9 Å². The predicted molar refractivity (Wildman–Crippen MR) is 103 cm³/mol. The molecule has 28 heavy (non-hydrogen) atoms. The first-order valence-corrected chi connectivity index (χ1v) is 9.34. The van der Waals surface area contributed by atoms with E-state index >= 15 is 0 Å². The molecule has 9 heteroatoms. The molecule has 9 nitrogen and oxygen atoms in total. The topological polar surface area (TPSA) is 126 Å². The van der Waals surface area contributed by atoms with Gasteiger partial charge in [0, 0.05) is 0 Å². The molecule has 3 N–H and O–H groups in total. The van der Waals surface area contributed by atoms with Gasteiger partial charge in [-0.15, -0.1) is 10.2 Å². The highest BCUT2D eigenvalue weighted by Gasteiger charge is 2.40. The molecule has 1 aliphatic carbocycles. The molecule has 0 bridgehead atoms. The fourth-order valence-electron chi connectivity index (χ4n) is 3.71. The number of anilines is 1. The molecular weight excluding hydrogens is 360 g/mol. The van der Waals surface area contributed by atoms with E-state index in [0.29, 0.717) is 28.9 Å². The minimum Gasteiger partial charge on any atom is -0.285 e. The van der Waals surface area contributed by atoms with Gasteiger partial charge in [-0.3, -0.25) is 14.8 Å². The molecule has 1 atom stereocenters. The number of carbonyl (C=O) groups excluding carboxylic acids is 2. The molecule has 0 aliphatic heterocycles. The molecule has 150 valence electrons. The van der Waals surface area contributed by atoms with Crippen molar-refractivity contribution in [3.8, 4) is 0 Å². The zero-order chi connectivity index (χ0) is 20.5. The van der Waals surface area contributed by atoms with Crippen LogP contribution in [0.1, 0.15) is 45.1 Å². The number of rotatable bonds is 5. The molecule has 0 radical (unpaired) electrons. The van der Waals surface area contributed by atoms with E-state index in [1.54, 1.807) is 6.07 Å². The summed E-state index contributed by atoms with van der Waals surface area (Å²) in [7, 11) is 0. The quantitative estimate of drug-likeness (QED) is 0.264. The summed E-state index contributed by atoms with van der Waals surface area (Å²) in [5, 5.41) is 19.3. The van der Waals surface area contributed by atoms with Crippen LogP contribution in [0.25, 0.3) is 11.0 Å². The van der Waals surface area contributed by atoms with E-state index in [2.05, 4.69) is 29.0 Å². The third-order valence-electron chi connectivity index (χ3n) is 5.53. The monoisotopic (exact) mass is 386 g/mol. The SMILES string of the molecule is Cc1ccc2nc(N(N)C(=O)C(C3CCC(C)(C)CC3)N(O)C=O)nnc2c1. The normalized spacial score (nSPS) is 17.9. The molecule has 1 aromatic carbocycles. The third-order valence-corrected chi connectivity index (χ3v) is 5.53. The highest BCUT2D eigenvalue weighted by atomic mass is 16.5. The number of aryl methyl sites for hydroxylation is 1. The number of nitrogens with two attached hydrogens (primary N) is 1. The van der Waals surface area contributed by atoms with Gasteiger partial charge in [-0.05, 0) is 61.6 Å². The molecule has 1 aliphatic rings. The van der Waals surface area contributed by atoms with Crippen molar-refractivity contribution < 1.29 is 14.8 Å². The first kappa shape index (κ1) is 20.1. The molecule has 1 unspecified atom stereocenters. The molecule has 0 spiro atoms. The van der Waals surface area contributed by atoms with Gasteiger partial charge in [0.25, 0.3) is 11.9 Å². The Labute approximate surface area is 163 Å². The second kappa shape index (κ2) is 7.76. The van der Waals surface area contributed by atoms with Crippen molar-refractivity contribution in [2.45, 2.75) is 52.5 Å². The maximum atomic E-state index is 13.0.